The van der Waals surface area contributed by atoms with Crippen LogP contribution in [0, 0.1) is 0 Å². The van der Waals surface area contributed by atoms with Crippen molar-refractivity contribution in [3.63, 3.8) is 0 Å². The van der Waals surface area contributed by atoms with Gasteiger partial charge in [0.1, 0.15) is 17.4 Å². The number of aliphatic hydroxyl groups excluding tert-OH is 1. The molecule has 1 N–H and O–H groups in total. The summed E-state index contributed by atoms with van der Waals surface area (Å²) in [5, 5.41) is 9.69. The van der Waals surface area contributed by atoms with E-state index in [1.165, 1.54) is 0 Å². The van der Waals surface area contributed by atoms with E-state index >= 15 is 0 Å². The molecule has 25 heavy (non-hydrogen) atoms. The fourth-order valence-corrected chi connectivity index (χ4v) is 3.09. The molecule has 0 radical (unpaired) electrons. The Balaban J connectivity index is 1.53. The van der Waals surface area contributed by atoms with Gasteiger partial charge in [0.15, 0.2) is 5.82 Å². The summed E-state index contributed by atoms with van der Waals surface area (Å²) in [5.74, 6) is 1.27. The van der Waals surface area contributed by atoms with Gasteiger partial charge in [-0.1, -0.05) is 0 Å². The zero-order chi connectivity index (χ0) is 17.4. The first-order valence-electron chi connectivity index (χ1n) is 8.36. The number of pyridine rings is 1. The molecule has 0 bridgehead atoms. The SMILES string of the molecule is CC1CN(c2nc3cccnc3o2)CCN1c1ccnc([C@@H](C)O)n1. The smallest absolute Gasteiger partial charge is 0.299 e. The molecule has 1 saturated heterocycles. The van der Waals surface area contributed by atoms with Crippen molar-refractivity contribution in [2.45, 2.75) is 26.0 Å². The van der Waals surface area contributed by atoms with Crippen molar-refractivity contribution in [1.29, 1.82) is 0 Å². The Morgan fingerprint density at radius 2 is 2.08 bits per heavy atom. The first-order chi connectivity index (χ1) is 12.1. The molecule has 3 aromatic rings. The number of rotatable bonds is 3. The number of nitrogens with zero attached hydrogens (tertiary/aromatic N) is 6. The summed E-state index contributed by atoms with van der Waals surface area (Å²) in [4.78, 5) is 21.7. The van der Waals surface area contributed by atoms with Crippen LogP contribution in [0.2, 0.25) is 0 Å². The molecule has 4 rings (SSSR count). The van der Waals surface area contributed by atoms with Crippen molar-refractivity contribution >= 4 is 23.1 Å². The van der Waals surface area contributed by atoms with Crippen LogP contribution in [0.15, 0.2) is 35.0 Å². The van der Waals surface area contributed by atoms with E-state index in [0.717, 1.165) is 31.0 Å². The Bertz CT molecular complexity index is 847. The van der Waals surface area contributed by atoms with Crippen molar-refractivity contribution in [2.75, 3.05) is 29.4 Å². The minimum absolute atomic E-state index is 0.216. The van der Waals surface area contributed by atoms with Crippen molar-refractivity contribution in [2.24, 2.45) is 0 Å². The van der Waals surface area contributed by atoms with Gasteiger partial charge < -0.3 is 19.3 Å². The van der Waals surface area contributed by atoms with Crippen molar-refractivity contribution in [3.05, 3.63) is 36.4 Å². The highest BCUT2D eigenvalue weighted by atomic mass is 16.4. The van der Waals surface area contributed by atoms with Crippen LogP contribution in [0.4, 0.5) is 11.8 Å². The number of oxazole rings is 1. The molecule has 2 atom stereocenters. The zero-order valence-corrected chi connectivity index (χ0v) is 14.2. The second-order valence-corrected chi connectivity index (χ2v) is 6.26. The molecule has 130 valence electrons. The first-order valence-corrected chi connectivity index (χ1v) is 8.36. The maximum Gasteiger partial charge on any atom is 0.299 e. The number of hydrogen-bond acceptors (Lipinski definition) is 8. The van der Waals surface area contributed by atoms with Gasteiger partial charge in [-0.25, -0.2) is 15.0 Å². The lowest BCUT2D eigenvalue weighted by molar-refractivity contribution is 0.189. The summed E-state index contributed by atoms with van der Waals surface area (Å²) in [6.07, 6.45) is 2.71. The lowest BCUT2D eigenvalue weighted by Crippen LogP contribution is -2.52. The molecular weight excluding hydrogens is 320 g/mol. The lowest BCUT2D eigenvalue weighted by atomic mass is 10.2. The van der Waals surface area contributed by atoms with E-state index in [1.54, 1.807) is 19.3 Å². The summed E-state index contributed by atoms with van der Waals surface area (Å²) < 4.78 is 5.77. The number of anilines is 2. The number of piperazine rings is 1. The van der Waals surface area contributed by atoms with Crippen molar-refractivity contribution in [1.82, 2.24) is 19.9 Å². The summed E-state index contributed by atoms with van der Waals surface area (Å²) in [6, 6.07) is 6.44. The van der Waals surface area contributed by atoms with Crippen molar-refractivity contribution < 1.29 is 9.52 Å². The van der Waals surface area contributed by atoms with E-state index in [9.17, 15) is 5.11 Å². The van der Waals surface area contributed by atoms with E-state index in [0.29, 0.717) is 17.6 Å². The Morgan fingerprint density at radius 1 is 1.20 bits per heavy atom. The third kappa shape index (κ3) is 3.00. The van der Waals surface area contributed by atoms with Gasteiger partial charge in [0.2, 0.25) is 5.71 Å². The van der Waals surface area contributed by atoms with Gasteiger partial charge in [-0.15, -0.1) is 0 Å². The van der Waals surface area contributed by atoms with E-state index < -0.39 is 6.10 Å². The maximum atomic E-state index is 9.69. The Labute approximate surface area is 145 Å². The molecule has 3 aromatic heterocycles. The number of aromatic nitrogens is 4. The molecule has 1 aliphatic heterocycles. The second-order valence-electron chi connectivity index (χ2n) is 6.26. The van der Waals surface area contributed by atoms with Crippen LogP contribution in [0.1, 0.15) is 25.8 Å². The van der Waals surface area contributed by atoms with Gasteiger partial charge in [-0.05, 0) is 32.0 Å². The van der Waals surface area contributed by atoms with Crippen LogP contribution in [-0.4, -0.2) is 50.7 Å². The highest BCUT2D eigenvalue weighted by Gasteiger charge is 2.28. The highest BCUT2D eigenvalue weighted by molar-refractivity contribution is 5.70. The van der Waals surface area contributed by atoms with Crippen LogP contribution in [0.5, 0.6) is 0 Å². The minimum Gasteiger partial charge on any atom is -0.404 e. The molecule has 0 aromatic carbocycles. The minimum atomic E-state index is -0.677. The molecule has 1 fully saturated rings. The summed E-state index contributed by atoms with van der Waals surface area (Å²) in [6.45, 7) is 6.12. The summed E-state index contributed by atoms with van der Waals surface area (Å²) in [5.41, 5.74) is 1.33. The number of hydrogen-bond donors (Lipinski definition) is 1. The third-order valence-corrected chi connectivity index (χ3v) is 4.38. The molecule has 0 aliphatic carbocycles. The molecule has 1 unspecified atom stereocenters. The third-order valence-electron chi connectivity index (χ3n) is 4.38. The monoisotopic (exact) mass is 340 g/mol. The van der Waals surface area contributed by atoms with Gasteiger partial charge in [-0.2, -0.15) is 4.98 Å². The van der Waals surface area contributed by atoms with E-state index in [2.05, 4.69) is 36.7 Å². The van der Waals surface area contributed by atoms with Crippen LogP contribution < -0.4 is 9.80 Å². The largest absolute Gasteiger partial charge is 0.404 e. The standard InChI is InChI=1S/C17H20N6O2/c1-11-10-22(17-20-13-4-3-6-19-16(13)25-17)8-9-23(11)14-5-7-18-15(21-14)12(2)24/h3-7,11-12,24H,8-10H2,1-2H3/t11?,12-/m1/s1. The van der Waals surface area contributed by atoms with E-state index in [1.807, 2.05) is 18.2 Å². The van der Waals surface area contributed by atoms with E-state index in [-0.39, 0.29) is 6.04 Å². The van der Waals surface area contributed by atoms with Crippen LogP contribution in [-0.2, 0) is 0 Å². The van der Waals surface area contributed by atoms with Crippen LogP contribution in [0.25, 0.3) is 11.2 Å². The van der Waals surface area contributed by atoms with E-state index in [4.69, 9.17) is 4.42 Å². The molecule has 8 nitrogen and oxygen atoms in total. The first kappa shape index (κ1) is 15.8. The molecule has 0 amide bonds. The molecule has 0 spiro atoms. The van der Waals surface area contributed by atoms with Gasteiger partial charge in [0, 0.05) is 38.1 Å². The number of fused-ring (bicyclic) bond motifs is 1. The Morgan fingerprint density at radius 3 is 2.84 bits per heavy atom. The molecule has 0 saturated carbocycles. The predicted octanol–water partition coefficient (Wildman–Crippen LogP) is 1.78. The normalized spacial score (nSPS) is 19.4. The highest BCUT2D eigenvalue weighted by Crippen LogP contribution is 2.25. The van der Waals surface area contributed by atoms with Gasteiger partial charge in [0.25, 0.3) is 6.01 Å². The van der Waals surface area contributed by atoms with Crippen LogP contribution in [0.3, 0.4) is 0 Å². The molecular formula is C17H20N6O2. The summed E-state index contributed by atoms with van der Waals surface area (Å²) in [7, 11) is 0. The topological polar surface area (TPSA) is 91.4 Å². The summed E-state index contributed by atoms with van der Waals surface area (Å²) >= 11 is 0. The molecule has 1 aliphatic rings. The lowest BCUT2D eigenvalue weighted by Gasteiger charge is -2.39. The fraction of sp³-hybridized carbons (Fsp3) is 0.412. The number of aliphatic hydroxyl groups is 1. The molecule has 8 heteroatoms. The maximum absolute atomic E-state index is 9.69. The van der Waals surface area contributed by atoms with Gasteiger partial charge >= 0.3 is 0 Å². The quantitative estimate of drug-likeness (QED) is 0.771. The fourth-order valence-electron chi connectivity index (χ4n) is 3.09. The average molecular weight is 340 g/mol. The average Bonchev–Trinajstić information content (AvgIpc) is 3.06. The van der Waals surface area contributed by atoms with Crippen molar-refractivity contribution in [3.8, 4) is 0 Å². The Kier molecular flexibility index (Phi) is 3.96. The zero-order valence-electron chi connectivity index (χ0n) is 14.2. The van der Waals surface area contributed by atoms with Gasteiger partial charge in [-0.3, -0.25) is 0 Å². The molecule has 4 heterocycles. The second kappa shape index (κ2) is 6.29. The van der Waals surface area contributed by atoms with Gasteiger partial charge in [0.05, 0.1) is 0 Å². The Hall–Kier alpha value is -2.74. The van der Waals surface area contributed by atoms with Crippen LogP contribution >= 0.6 is 0 Å². The predicted molar refractivity (Wildman–Crippen MR) is 93.5 cm³/mol.